The summed E-state index contributed by atoms with van der Waals surface area (Å²) in [5.41, 5.74) is -0.685. The predicted octanol–water partition coefficient (Wildman–Crippen LogP) is 4.70. The molecule has 1 fully saturated rings. The molecular formula is C18H16F4N2O. The second kappa shape index (κ2) is 6.74. The van der Waals surface area contributed by atoms with Crippen LogP contribution in [0.4, 0.5) is 28.9 Å². The van der Waals surface area contributed by atoms with Crippen LogP contribution in [0.2, 0.25) is 0 Å². The fourth-order valence-corrected chi connectivity index (χ4v) is 2.91. The third-order valence-electron chi connectivity index (χ3n) is 4.09. The molecule has 0 spiro atoms. The molecule has 0 atom stereocenters. The van der Waals surface area contributed by atoms with E-state index in [2.05, 4.69) is 5.32 Å². The first kappa shape index (κ1) is 17.3. The summed E-state index contributed by atoms with van der Waals surface area (Å²) in [6.45, 7) is 1.13. The Kier molecular flexibility index (Phi) is 4.65. The minimum atomic E-state index is -4.56. The highest BCUT2D eigenvalue weighted by Crippen LogP contribution is 2.38. The van der Waals surface area contributed by atoms with Gasteiger partial charge in [-0.2, -0.15) is 13.2 Å². The number of rotatable bonds is 3. The second-order valence-electron chi connectivity index (χ2n) is 5.89. The molecule has 132 valence electrons. The molecule has 0 aromatic heterocycles. The topological polar surface area (TPSA) is 32.3 Å². The van der Waals surface area contributed by atoms with Crippen molar-refractivity contribution in [2.75, 3.05) is 23.3 Å². The number of anilines is 2. The molecule has 2 aromatic rings. The molecule has 3 rings (SSSR count). The van der Waals surface area contributed by atoms with Gasteiger partial charge in [0, 0.05) is 30.0 Å². The van der Waals surface area contributed by atoms with E-state index in [1.807, 2.05) is 0 Å². The molecule has 0 bridgehead atoms. The molecule has 2 aromatic carbocycles. The summed E-state index contributed by atoms with van der Waals surface area (Å²) >= 11 is 0. The van der Waals surface area contributed by atoms with E-state index < -0.39 is 23.5 Å². The number of nitrogens with one attached hydrogen (secondary N) is 1. The molecule has 7 heteroatoms. The Morgan fingerprint density at radius 1 is 1.04 bits per heavy atom. The summed E-state index contributed by atoms with van der Waals surface area (Å²) in [5.74, 6) is -1.26. The highest BCUT2D eigenvalue weighted by molar-refractivity contribution is 6.04. The SMILES string of the molecule is O=C(Nc1cccc(F)c1)c1ccc(N2CCCC2)c(C(F)(F)F)c1. The molecule has 1 amide bonds. The first-order valence-corrected chi connectivity index (χ1v) is 7.88. The number of nitrogens with zero attached hydrogens (tertiary/aromatic N) is 1. The number of benzene rings is 2. The average Bonchev–Trinajstić information content (AvgIpc) is 3.08. The highest BCUT2D eigenvalue weighted by Gasteiger charge is 2.36. The molecular weight excluding hydrogens is 336 g/mol. The maximum Gasteiger partial charge on any atom is 0.418 e. The van der Waals surface area contributed by atoms with E-state index in [1.165, 1.54) is 30.3 Å². The van der Waals surface area contributed by atoms with Gasteiger partial charge in [-0.15, -0.1) is 0 Å². The number of hydrogen-bond donors (Lipinski definition) is 1. The normalized spacial score (nSPS) is 14.6. The van der Waals surface area contributed by atoms with Gasteiger partial charge in [-0.3, -0.25) is 4.79 Å². The standard InChI is InChI=1S/C18H16F4N2O/c19-13-4-3-5-14(11-13)23-17(25)12-6-7-16(24-8-1-2-9-24)15(10-12)18(20,21)22/h3-7,10-11H,1-2,8-9H2,(H,23,25). The van der Waals surface area contributed by atoms with Gasteiger partial charge in [0.1, 0.15) is 5.82 Å². The first-order chi connectivity index (χ1) is 11.8. The zero-order chi connectivity index (χ0) is 18.0. The molecule has 0 aliphatic carbocycles. The van der Waals surface area contributed by atoms with Crippen molar-refractivity contribution >= 4 is 17.3 Å². The van der Waals surface area contributed by atoms with E-state index in [1.54, 1.807) is 4.90 Å². The second-order valence-corrected chi connectivity index (χ2v) is 5.89. The van der Waals surface area contributed by atoms with Crippen LogP contribution in [0.15, 0.2) is 42.5 Å². The van der Waals surface area contributed by atoms with Crippen LogP contribution in [-0.2, 0) is 6.18 Å². The third kappa shape index (κ3) is 3.92. The van der Waals surface area contributed by atoms with E-state index in [4.69, 9.17) is 0 Å². The van der Waals surface area contributed by atoms with Gasteiger partial charge in [0.2, 0.25) is 0 Å². The largest absolute Gasteiger partial charge is 0.418 e. The van der Waals surface area contributed by atoms with Crippen LogP contribution in [0, 0.1) is 5.82 Å². The Balaban J connectivity index is 1.90. The van der Waals surface area contributed by atoms with Crippen LogP contribution in [0.25, 0.3) is 0 Å². The van der Waals surface area contributed by atoms with Crippen LogP contribution in [0.5, 0.6) is 0 Å². The zero-order valence-corrected chi connectivity index (χ0v) is 13.2. The van der Waals surface area contributed by atoms with Crippen molar-refractivity contribution < 1.29 is 22.4 Å². The number of carbonyl (C=O) groups excluding carboxylic acids is 1. The smallest absolute Gasteiger partial charge is 0.371 e. The lowest BCUT2D eigenvalue weighted by atomic mass is 10.1. The number of alkyl halides is 3. The van der Waals surface area contributed by atoms with Crippen LogP contribution in [0.3, 0.4) is 0 Å². The van der Waals surface area contributed by atoms with Crippen molar-refractivity contribution in [1.29, 1.82) is 0 Å². The molecule has 3 nitrogen and oxygen atoms in total. The van der Waals surface area contributed by atoms with Crippen molar-refractivity contribution in [2.45, 2.75) is 19.0 Å². The predicted molar refractivity (Wildman–Crippen MR) is 87.2 cm³/mol. The zero-order valence-electron chi connectivity index (χ0n) is 13.2. The van der Waals surface area contributed by atoms with Gasteiger partial charge in [0.15, 0.2) is 0 Å². The number of carbonyl (C=O) groups is 1. The summed E-state index contributed by atoms with van der Waals surface area (Å²) in [4.78, 5) is 13.9. The van der Waals surface area contributed by atoms with Crippen LogP contribution < -0.4 is 10.2 Å². The van der Waals surface area contributed by atoms with Crippen molar-refractivity contribution in [2.24, 2.45) is 0 Å². The van der Waals surface area contributed by atoms with Crippen molar-refractivity contribution in [3.8, 4) is 0 Å². The lowest BCUT2D eigenvalue weighted by molar-refractivity contribution is -0.137. The lowest BCUT2D eigenvalue weighted by Crippen LogP contribution is -2.23. The summed E-state index contributed by atoms with van der Waals surface area (Å²) in [7, 11) is 0. The van der Waals surface area contributed by atoms with E-state index in [-0.39, 0.29) is 16.9 Å². The maximum atomic E-state index is 13.4. The average molecular weight is 352 g/mol. The third-order valence-corrected chi connectivity index (χ3v) is 4.09. The lowest BCUT2D eigenvalue weighted by Gasteiger charge is -2.23. The van der Waals surface area contributed by atoms with Gasteiger partial charge in [-0.05, 0) is 49.2 Å². The summed E-state index contributed by atoms with van der Waals surface area (Å²) < 4.78 is 53.4. The van der Waals surface area contributed by atoms with E-state index in [9.17, 15) is 22.4 Å². The number of halogens is 4. The molecule has 1 aliphatic rings. The van der Waals surface area contributed by atoms with Crippen molar-refractivity contribution in [1.82, 2.24) is 0 Å². The highest BCUT2D eigenvalue weighted by atomic mass is 19.4. The van der Waals surface area contributed by atoms with Gasteiger partial charge in [-0.25, -0.2) is 4.39 Å². The molecule has 0 saturated carbocycles. The molecule has 1 heterocycles. The van der Waals surface area contributed by atoms with Crippen LogP contribution in [0.1, 0.15) is 28.8 Å². The Labute approximate surface area is 142 Å². The summed E-state index contributed by atoms with van der Waals surface area (Å²) in [5, 5.41) is 2.41. The van der Waals surface area contributed by atoms with Gasteiger partial charge in [-0.1, -0.05) is 6.07 Å². The minimum Gasteiger partial charge on any atom is -0.371 e. The minimum absolute atomic E-state index is 0.0901. The van der Waals surface area contributed by atoms with Gasteiger partial charge in [0.25, 0.3) is 5.91 Å². The summed E-state index contributed by atoms with van der Waals surface area (Å²) in [6.07, 6.45) is -2.87. The Morgan fingerprint density at radius 2 is 1.76 bits per heavy atom. The van der Waals surface area contributed by atoms with Crippen molar-refractivity contribution in [3.63, 3.8) is 0 Å². The fourth-order valence-electron chi connectivity index (χ4n) is 2.91. The first-order valence-electron chi connectivity index (χ1n) is 7.88. The molecule has 1 N–H and O–H groups in total. The Hall–Kier alpha value is -2.57. The quantitative estimate of drug-likeness (QED) is 0.813. The number of amides is 1. The van der Waals surface area contributed by atoms with Crippen molar-refractivity contribution in [3.05, 3.63) is 59.4 Å². The maximum absolute atomic E-state index is 13.4. The van der Waals surface area contributed by atoms with E-state index >= 15 is 0 Å². The summed E-state index contributed by atoms with van der Waals surface area (Å²) in [6, 6.07) is 8.71. The van der Waals surface area contributed by atoms with Gasteiger partial charge in [0.05, 0.1) is 5.56 Å². The number of hydrogen-bond acceptors (Lipinski definition) is 2. The molecule has 1 saturated heterocycles. The van der Waals surface area contributed by atoms with Crippen LogP contribution in [-0.4, -0.2) is 19.0 Å². The van der Waals surface area contributed by atoms with Crippen LogP contribution >= 0.6 is 0 Å². The van der Waals surface area contributed by atoms with Gasteiger partial charge >= 0.3 is 6.18 Å². The molecule has 0 radical (unpaired) electrons. The fraction of sp³-hybridized carbons (Fsp3) is 0.278. The monoisotopic (exact) mass is 352 g/mol. The molecule has 0 unspecified atom stereocenters. The molecule has 1 aliphatic heterocycles. The Bertz CT molecular complexity index is 783. The Morgan fingerprint density at radius 3 is 2.40 bits per heavy atom. The van der Waals surface area contributed by atoms with E-state index in [0.29, 0.717) is 13.1 Å². The van der Waals surface area contributed by atoms with Gasteiger partial charge < -0.3 is 10.2 Å². The van der Waals surface area contributed by atoms with E-state index in [0.717, 1.165) is 25.0 Å². The molecule has 25 heavy (non-hydrogen) atoms.